The van der Waals surface area contributed by atoms with Crippen molar-refractivity contribution >= 4 is 47.2 Å². The number of carbonyl (C=O) groups is 4. The van der Waals surface area contributed by atoms with Crippen molar-refractivity contribution in [3.8, 4) is 0 Å². The Morgan fingerprint density at radius 1 is 0.889 bits per heavy atom. The third-order valence-electron chi connectivity index (χ3n) is 5.60. The van der Waals surface area contributed by atoms with Crippen molar-refractivity contribution in [1.82, 2.24) is 20.9 Å². The minimum absolute atomic E-state index is 0.0710. The number of amides is 3. The molecule has 0 bridgehead atoms. The topological polar surface area (TPSA) is 166 Å². The largest absolute Gasteiger partial charge is 0.480 e. The first-order valence-corrected chi connectivity index (χ1v) is 12.0. The summed E-state index contributed by atoms with van der Waals surface area (Å²) in [6, 6.07) is 13.8. The molecule has 3 amide bonds. The number of nitrogens with one attached hydrogen (secondary N) is 4. The van der Waals surface area contributed by atoms with Crippen molar-refractivity contribution in [3.05, 3.63) is 71.9 Å². The molecular formula is C25H29N5O5S. The lowest BCUT2D eigenvalue weighted by Gasteiger charge is -2.23. The lowest BCUT2D eigenvalue weighted by molar-refractivity contribution is -0.138. The van der Waals surface area contributed by atoms with Crippen molar-refractivity contribution in [2.45, 2.75) is 31.0 Å². The highest BCUT2D eigenvalue weighted by Gasteiger charge is 2.28. The van der Waals surface area contributed by atoms with Gasteiger partial charge in [-0.3, -0.25) is 19.2 Å². The van der Waals surface area contributed by atoms with Crippen LogP contribution in [0.15, 0.2) is 60.8 Å². The predicted molar refractivity (Wildman–Crippen MR) is 138 cm³/mol. The van der Waals surface area contributed by atoms with Crippen LogP contribution in [0.25, 0.3) is 10.9 Å². The monoisotopic (exact) mass is 511 g/mol. The zero-order valence-electron chi connectivity index (χ0n) is 19.4. The van der Waals surface area contributed by atoms with Gasteiger partial charge in [0, 0.05) is 29.3 Å². The van der Waals surface area contributed by atoms with Gasteiger partial charge in [-0.2, -0.15) is 12.6 Å². The van der Waals surface area contributed by atoms with Crippen LogP contribution >= 0.6 is 12.6 Å². The summed E-state index contributed by atoms with van der Waals surface area (Å²) in [6.45, 7) is -0.594. The maximum Gasteiger partial charge on any atom is 0.322 e. The van der Waals surface area contributed by atoms with E-state index in [-0.39, 0.29) is 18.6 Å². The first kappa shape index (κ1) is 26.8. The molecule has 11 heteroatoms. The standard InChI is InChI=1S/C25H29N5O5S/c26-18(10-15-6-2-1-3-7-15)23(33)29-20(11-16-12-27-19-9-5-4-8-17(16)19)25(35)30-21(14-36)24(34)28-13-22(31)32/h1-9,12,18,20-21,27,36H,10-11,13-14,26H2,(H,28,34)(H,29,33)(H,30,35)(H,31,32). The van der Waals surface area contributed by atoms with Crippen LogP contribution in [0.3, 0.4) is 0 Å². The number of hydrogen-bond donors (Lipinski definition) is 7. The summed E-state index contributed by atoms with van der Waals surface area (Å²) in [5.74, 6) is -3.12. The lowest BCUT2D eigenvalue weighted by Crippen LogP contribution is -2.57. The highest BCUT2D eigenvalue weighted by atomic mass is 32.1. The second-order valence-corrected chi connectivity index (χ2v) is 8.64. The van der Waals surface area contributed by atoms with Crippen molar-refractivity contribution in [1.29, 1.82) is 0 Å². The number of para-hydroxylation sites is 1. The summed E-state index contributed by atoms with van der Waals surface area (Å²) in [5.41, 5.74) is 8.67. The van der Waals surface area contributed by atoms with Crippen molar-refractivity contribution in [2.24, 2.45) is 5.73 Å². The number of rotatable bonds is 12. The van der Waals surface area contributed by atoms with Crippen LogP contribution in [0, 0.1) is 0 Å². The SMILES string of the molecule is NC(Cc1ccccc1)C(=O)NC(Cc1c[nH]c2ccccc12)C(=O)NC(CS)C(=O)NCC(=O)O. The average molecular weight is 512 g/mol. The second kappa shape index (κ2) is 12.8. The van der Waals surface area contributed by atoms with Crippen molar-refractivity contribution in [2.75, 3.05) is 12.3 Å². The number of carbonyl (C=O) groups excluding carboxylic acids is 3. The molecule has 0 saturated carbocycles. The van der Waals surface area contributed by atoms with Gasteiger partial charge in [-0.05, 0) is 23.6 Å². The van der Waals surface area contributed by atoms with Crippen LogP contribution in [0.5, 0.6) is 0 Å². The molecule has 2 aromatic carbocycles. The summed E-state index contributed by atoms with van der Waals surface area (Å²) in [7, 11) is 0. The minimum atomic E-state index is -1.22. The number of aliphatic carboxylic acids is 1. The molecule has 0 aliphatic carbocycles. The van der Waals surface area contributed by atoms with Crippen molar-refractivity contribution in [3.63, 3.8) is 0 Å². The van der Waals surface area contributed by atoms with E-state index in [0.717, 1.165) is 22.0 Å². The molecule has 3 rings (SSSR count). The van der Waals surface area contributed by atoms with E-state index in [2.05, 4.69) is 33.6 Å². The molecule has 0 aliphatic rings. The van der Waals surface area contributed by atoms with Gasteiger partial charge in [0.1, 0.15) is 18.6 Å². The molecule has 10 nitrogen and oxygen atoms in total. The molecule has 3 unspecified atom stereocenters. The number of H-pyrrole nitrogens is 1. The number of benzene rings is 2. The fourth-order valence-electron chi connectivity index (χ4n) is 3.72. The molecule has 190 valence electrons. The third kappa shape index (κ3) is 7.33. The van der Waals surface area contributed by atoms with E-state index in [1.54, 1.807) is 6.20 Å². The zero-order chi connectivity index (χ0) is 26.1. The Kier molecular flexibility index (Phi) is 9.48. The number of carboxylic acid groups (broad SMARTS) is 1. The summed E-state index contributed by atoms with van der Waals surface area (Å²) >= 11 is 4.10. The number of fused-ring (bicyclic) bond motifs is 1. The van der Waals surface area contributed by atoms with Gasteiger partial charge in [-0.25, -0.2) is 0 Å². The Labute approximate surface area is 213 Å². The highest BCUT2D eigenvalue weighted by molar-refractivity contribution is 7.80. The van der Waals surface area contributed by atoms with E-state index in [0.29, 0.717) is 0 Å². The van der Waals surface area contributed by atoms with Gasteiger partial charge in [0.15, 0.2) is 0 Å². The lowest BCUT2D eigenvalue weighted by atomic mass is 10.0. The molecule has 1 aromatic heterocycles. The zero-order valence-corrected chi connectivity index (χ0v) is 20.3. The first-order valence-electron chi connectivity index (χ1n) is 11.3. The average Bonchev–Trinajstić information content (AvgIpc) is 3.28. The number of hydrogen-bond acceptors (Lipinski definition) is 6. The molecule has 3 atom stereocenters. The van der Waals surface area contributed by atoms with Gasteiger partial charge < -0.3 is 31.8 Å². The fraction of sp³-hybridized carbons (Fsp3) is 0.280. The minimum Gasteiger partial charge on any atom is -0.480 e. The van der Waals surface area contributed by atoms with E-state index in [9.17, 15) is 19.2 Å². The quantitative estimate of drug-likeness (QED) is 0.174. The van der Waals surface area contributed by atoms with Crippen LogP contribution in [0.1, 0.15) is 11.1 Å². The summed E-state index contributed by atoms with van der Waals surface area (Å²) in [5, 5.41) is 17.2. The normalized spacial score (nSPS) is 13.4. The van der Waals surface area contributed by atoms with E-state index < -0.39 is 48.4 Å². The maximum atomic E-state index is 13.2. The molecular weight excluding hydrogens is 482 g/mol. The number of aromatic amines is 1. The van der Waals surface area contributed by atoms with Crippen LogP contribution in [0.4, 0.5) is 0 Å². The van der Waals surface area contributed by atoms with E-state index >= 15 is 0 Å². The number of thiol groups is 1. The van der Waals surface area contributed by atoms with Crippen LogP contribution in [-0.2, 0) is 32.0 Å². The molecule has 0 spiro atoms. The van der Waals surface area contributed by atoms with E-state index in [1.807, 2.05) is 54.6 Å². The second-order valence-electron chi connectivity index (χ2n) is 8.28. The molecule has 0 fully saturated rings. The summed E-state index contributed by atoms with van der Waals surface area (Å²) < 4.78 is 0. The molecule has 36 heavy (non-hydrogen) atoms. The Hall–Kier alpha value is -3.83. The first-order chi connectivity index (χ1) is 17.3. The Balaban J connectivity index is 1.77. The number of nitrogens with two attached hydrogens (primary N) is 1. The number of carboxylic acids is 1. The van der Waals surface area contributed by atoms with Gasteiger partial charge >= 0.3 is 5.97 Å². The van der Waals surface area contributed by atoms with Gasteiger partial charge in [0.25, 0.3) is 0 Å². The molecule has 0 radical (unpaired) electrons. The maximum absolute atomic E-state index is 13.2. The molecule has 0 aliphatic heterocycles. The number of aromatic nitrogens is 1. The Morgan fingerprint density at radius 3 is 2.25 bits per heavy atom. The van der Waals surface area contributed by atoms with Gasteiger partial charge in [-0.1, -0.05) is 48.5 Å². The van der Waals surface area contributed by atoms with E-state index in [1.165, 1.54) is 0 Å². The van der Waals surface area contributed by atoms with E-state index in [4.69, 9.17) is 10.8 Å². The molecule has 3 aromatic rings. The molecule has 0 saturated heterocycles. The highest BCUT2D eigenvalue weighted by Crippen LogP contribution is 2.19. The van der Waals surface area contributed by atoms with Gasteiger partial charge in [0.2, 0.25) is 17.7 Å². The smallest absolute Gasteiger partial charge is 0.322 e. The Bertz CT molecular complexity index is 1220. The van der Waals surface area contributed by atoms with Crippen LogP contribution in [-0.4, -0.2) is 64.2 Å². The molecule has 7 N–H and O–H groups in total. The molecule has 1 heterocycles. The van der Waals surface area contributed by atoms with Crippen molar-refractivity contribution < 1.29 is 24.3 Å². The Morgan fingerprint density at radius 2 is 1.56 bits per heavy atom. The van der Waals surface area contributed by atoms with Gasteiger partial charge in [-0.15, -0.1) is 0 Å². The van der Waals surface area contributed by atoms with Gasteiger partial charge in [0.05, 0.1) is 6.04 Å². The predicted octanol–water partition coefficient (Wildman–Crippen LogP) is 0.381. The third-order valence-corrected chi connectivity index (χ3v) is 5.96. The van der Waals surface area contributed by atoms with Crippen LogP contribution in [0.2, 0.25) is 0 Å². The summed E-state index contributed by atoms with van der Waals surface area (Å²) in [4.78, 5) is 52.4. The summed E-state index contributed by atoms with van der Waals surface area (Å²) in [6.07, 6.45) is 2.18. The fourth-order valence-corrected chi connectivity index (χ4v) is 3.98. The van der Waals surface area contributed by atoms with Crippen LogP contribution < -0.4 is 21.7 Å².